The van der Waals surface area contributed by atoms with Gasteiger partial charge in [-0.15, -0.1) is 0 Å². The number of hydrogen-bond donors (Lipinski definition) is 2. The fourth-order valence-corrected chi connectivity index (χ4v) is 1.69. The largest absolute Gasteiger partial charge is 0.394 e. The van der Waals surface area contributed by atoms with Gasteiger partial charge in [0.25, 0.3) is 0 Å². The predicted molar refractivity (Wildman–Crippen MR) is 58.2 cm³/mol. The van der Waals surface area contributed by atoms with Crippen LogP contribution in [-0.2, 0) is 7.05 Å². The Morgan fingerprint density at radius 2 is 2.29 bits per heavy atom. The Morgan fingerprint density at radius 3 is 2.79 bits per heavy atom. The molecule has 1 aliphatic carbocycles. The Bertz CT molecular complexity index is 325. The minimum atomic E-state index is 0.781. The molecule has 1 aromatic heterocycles. The molecule has 0 bridgehead atoms. The molecule has 1 aliphatic rings. The molecule has 0 saturated heterocycles. The summed E-state index contributed by atoms with van der Waals surface area (Å²) in [5.41, 5.74) is 7.58. The quantitative estimate of drug-likeness (QED) is 0.764. The zero-order valence-corrected chi connectivity index (χ0v) is 8.88. The Labute approximate surface area is 84.5 Å². The molecular weight excluding hydrogens is 176 g/mol. The summed E-state index contributed by atoms with van der Waals surface area (Å²) in [4.78, 5) is 0. The van der Waals surface area contributed by atoms with Crippen molar-refractivity contribution in [2.75, 3.05) is 17.6 Å². The fraction of sp³-hybridized carbons (Fsp3) is 0.700. The lowest BCUT2D eigenvalue weighted by molar-refractivity contribution is 0.729. The van der Waals surface area contributed by atoms with Crippen LogP contribution < -0.4 is 11.1 Å². The van der Waals surface area contributed by atoms with E-state index in [0.717, 1.165) is 29.7 Å². The maximum absolute atomic E-state index is 5.89. The lowest BCUT2D eigenvalue weighted by Crippen LogP contribution is -2.08. The third-order valence-corrected chi connectivity index (χ3v) is 2.81. The zero-order chi connectivity index (χ0) is 10.1. The summed E-state index contributed by atoms with van der Waals surface area (Å²) >= 11 is 0. The van der Waals surface area contributed by atoms with Crippen LogP contribution in [0.15, 0.2) is 0 Å². The highest BCUT2D eigenvalue weighted by Crippen LogP contribution is 2.32. The van der Waals surface area contributed by atoms with Crippen LogP contribution in [0.25, 0.3) is 0 Å². The molecular formula is C10H18N4. The van der Waals surface area contributed by atoms with Crippen LogP contribution in [-0.4, -0.2) is 16.3 Å². The second-order valence-corrected chi connectivity index (χ2v) is 4.13. The molecule has 0 spiro atoms. The predicted octanol–water partition coefficient (Wildman–Crippen LogP) is 1.52. The van der Waals surface area contributed by atoms with E-state index in [2.05, 4.69) is 10.4 Å². The first-order valence-corrected chi connectivity index (χ1v) is 5.21. The molecule has 0 aliphatic heterocycles. The summed E-state index contributed by atoms with van der Waals surface area (Å²) < 4.78 is 1.82. The second-order valence-electron chi connectivity index (χ2n) is 4.13. The van der Waals surface area contributed by atoms with E-state index in [4.69, 9.17) is 5.73 Å². The van der Waals surface area contributed by atoms with E-state index >= 15 is 0 Å². The number of nitrogens with two attached hydrogens (primary N) is 1. The topological polar surface area (TPSA) is 55.9 Å². The van der Waals surface area contributed by atoms with Crippen LogP contribution in [0.4, 0.5) is 11.5 Å². The molecule has 14 heavy (non-hydrogen) atoms. The van der Waals surface area contributed by atoms with Crippen molar-refractivity contribution < 1.29 is 0 Å². The Kier molecular flexibility index (Phi) is 2.35. The van der Waals surface area contributed by atoms with E-state index in [-0.39, 0.29) is 0 Å². The van der Waals surface area contributed by atoms with Gasteiger partial charge in [-0.05, 0) is 19.3 Å². The van der Waals surface area contributed by atoms with Gasteiger partial charge in [0, 0.05) is 13.6 Å². The molecule has 0 radical (unpaired) electrons. The minimum Gasteiger partial charge on any atom is -0.394 e. The standard InChI is InChI=1S/C10H18N4/c1-7-9(11)10(14(2)13-7)12-6-5-8-3-4-8/h8,12H,3-6,11H2,1-2H3. The number of aromatic nitrogens is 2. The van der Waals surface area contributed by atoms with Gasteiger partial charge < -0.3 is 11.1 Å². The molecule has 4 nitrogen and oxygen atoms in total. The molecule has 1 heterocycles. The second kappa shape index (κ2) is 3.52. The van der Waals surface area contributed by atoms with Gasteiger partial charge in [-0.3, -0.25) is 4.68 Å². The van der Waals surface area contributed by atoms with E-state index in [1.807, 2.05) is 18.7 Å². The molecule has 1 aromatic rings. The van der Waals surface area contributed by atoms with Gasteiger partial charge in [0.2, 0.25) is 0 Å². The average Bonchev–Trinajstić information content (AvgIpc) is 2.90. The summed E-state index contributed by atoms with van der Waals surface area (Å²) in [5.74, 6) is 1.92. The normalized spacial score (nSPS) is 15.9. The maximum Gasteiger partial charge on any atom is 0.147 e. The Balaban J connectivity index is 1.93. The van der Waals surface area contributed by atoms with Crippen LogP contribution in [0.3, 0.4) is 0 Å². The summed E-state index contributed by atoms with van der Waals surface area (Å²) in [6.45, 7) is 2.94. The average molecular weight is 194 g/mol. The number of aryl methyl sites for hydroxylation is 2. The van der Waals surface area contributed by atoms with E-state index in [0.29, 0.717) is 0 Å². The van der Waals surface area contributed by atoms with Crippen LogP contribution in [0.2, 0.25) is 0 Å². The van der Waals surface area contributed by atoms with E-state index in [1.54, 1.807) is 0 Å². The smallest absolute Gasteiger partial charge is 0.147 e. The molecule has 0 unspecified atom stereocenters. The van der Waals surface area contributed by atoms with Crippen LogP contribution in [0, 0.1) is 12.8 Å². The summed E-state index contributed by atoms with van der Waals surface area (Å²) in [7, 11) is 1.92. The van der Waals surface area contributed by atoms with Gasteiger partial charge in [0.15, 0.2) is 0 Å². The van der Waals surface area contributed by atoms with Crippen molar-refractivity contribution in [3.63, 3.8) is 0 Å². The Morgan fingerprint density at radius 1 is 1.57 bits per heavy atom. The monoisotopic (exact) mass is 194 g/mol. The number of nitrogen functional groups attached to an aromatic ring is 1. The molecule has 78 valence electrons. The molecule has 0 atom stereocenters. The summed E-state index contributed by atoms with van der Waals surface area (Å²) in [6, 6.07) is 0. The molecule has 1 fully saturated rings. The first-order chi connectivity index (χ1) is 6.68. The summed E-state index contributed by atoms with van der Waals surface area (Å²) in [5, 5.41) is 7.60. The van der Waals surface area contributed by atoms with E-state index in [9.17, 15) is 0 Å². The lowest BCUT2D eigenvalue weighted by Gasteiger charge is -2.06. The van der Waals surface area contributed by atoms with Crippen LogP contribution >= 0.6 is 0 Å². The van der Waals surface area contributed by atoms with E-state index < -0.39 is 0 Å². The molecule has 3 N–H and O–H groups in total. The summed E-state index contributed by atoms with van der Waals surface area (Å²) in [6.07, 6.45) is 4.06. The fourth-order valence-electron chi connectivity index (χ4n) is 1.69. The van der Waals surface area contributed by atoms with Crippen molar-refractivity contribution in [1.29, 1.82) is 0 Å². The minimum absolute atomic E-state index is 0.781. The van der Waals surface area contributed by atoms with Crippen molar-refractivity contribution in [3.8, 4) is 0 Å². The lowest BCUT2D eigenvalue weighted by atomic mass is 10.3. The van der Waals surface area contributed by atoms with Gasteiger partial charge in [0.05, 0.1) is 11.4 Å². The van der Waals surface area contributed by atoms with Gasteiger partial charge in [-0.2, -0.15) is 5.10 Å². The SMILES string of the molecule is Cc1nn(C)c(NCCC2CC2)c1N. The van der Waals surface area contributed by atoms with Crippen LogP contribution in [0.5, 0.6) is 0 Å². The van der Waals surface area contributed by atoms with Gasteiger partial charge in [-0.1, -0.05) is 12.8 Å². The van der Waals surface area contributed by atoms with Crippen molar-refractivity contribution in [3.05, 3.63) is 5.69 Å². The van der Waals surface area contributed by atoms with Gasteiger partial charge in [-0.25, -0.2) is 0 Å². The van der Waals surface area contributed by atoms with Crippen LogP contribution in [0.1, 0.15) is 25.0 Å². The zero-order valence-electron chi connectivity index (χ0n) is 8.88. The van der Waals surface area contributed by atoms with Crippen molar-refractivity contribution in [2.24, 2.45) is 13.0 Å². The van der Waals surface area contributed by atoms with Crippen molar-refractivity contribution in [2.45, 2.75) is 26.2 Å². The highest BCUT2D eigenvalue weighted by Gasteiger charge is 2.20. The highest BCUT2D eigenvalue weighted by atomic mass is 15.3. The molecule has 0 aromatic carbocycles. The molecule has 0 amide bonds. The third-order valence-electron chi connectivity index (χ3n) is 2.81. The first kappa shape index (κ1) is 9.37. The van der Waals surface area contributed by atoms with Crippen molar-refractivity contribution >= 4 is 11.5 Å². The maximum atomic E-state index is 5.89. The first-order valence-electron chi connectivity index (χ1n) is 5.21. The number of nitrogens with one attached hydrogen (secondary N) is 1. The molecule has 1 saturated carbocycles. The Hall–Kier alpha value is -1.19. The van der Waals surface area contributed by atoms with Crippen molar-refractivity contribution in [1.82, 2.24) is 9.78 Å². The number of hydrogen-bond acceptors (Lipinski definition) is 3. The van der Waals surface area contributed by atoms with E-state index in [1.165, 1.54) is 19.3 Å². The highest BCUT2D eigenvalue weighted by molar-refractivity contribution is 5.64. The van der Waals surface area contributed by atoms with Gasteiger partial charge in [0.1, 0.15) is 5.82 Å². The third kappa shape index (κ3) is 1.84. The number of nitrogens with zero attached hydrogens (tertiary/aromatic N) is 2. The number of rotatable bonds is 4. The molecule has 4 heteroatoms. The number of anilines is 2. The van der Waals surface area contributed by atoms with Gasteiger partial charge >= 0.3 is 0 Å². The molecule has 2 rings (SSSR count).